The summed E-state index contributed by atoms with van der Waals surface area (Å²) in [5.74, 6) is -0.522. The van der Waals surface area contributed by atoms with Crippen molar-refractivity contribution in [1.82, 2.24) is 5.32 Å². The van der Waals surface area contributed by atoms with Crippen LogP contribution in [0.4, 0.5) is 10.5 Å². The fourth-order valence-corrected chi connectivity index (χ4v) is 3.56. The maximum absolute atomic E-state index is 12.5. The summed E-state index contributed by atoms with van der Waals surface area (Å²) in [5, 5.41) is 4.39. The minimum absolute atomic E-state index is 0.261. The molecule has 0 saturated carbocycles. The highest BCUT2D eigenvalue weighted by Crippen LogP contribution is 2.24. The van der Waals surface area contributed by atoms with Gasteiger partial charge in [0, 0.05) is 12.8 Å². The molecule has 1 saturated heterocycles. The first kappa shape index (κ1) is 18.2. The first-order chi connectivity index (χ1) is 12.6. The number of methoxy groups -OCH3 is 1. The number of amides is 3. The molecule has 1 aliphatic rings. The topological polar surface area (TPSA) is 84.5 Å². The maximum atomic E-state index is 12.5. The van der Waals surface area contributed by atoms with Crippen molar-refractivity contribution in [3.63, 3.8) is 0 Å². The van der Waals surface area contributed by atoms with E-state index in [2.05, 4.69) is 10.6 Å². The highest BCUT2D eigenvalue weighted by Gasteiger charge is 2.31. The summed E-state index contributed by atoms with van der Waals surface area (Å²) in [5.41, 5.74) is 2.33. The van der Waals surface area contributed by atoms with Gasteiger partial charge in [-0.2, -0.15) is 0 Å². The van der Waals surface area contributed by atoms with Crippen molar-refractivity contribution in [2.75, 3.05) is 12.4 Å². The Morgan fingerprint density at radius 3 is 2.42 bits per heavy atom. The van der Waals surface area contributed by atoms with Crippen molar-refractivity contribution < 1.29 is 19.1 Å². The van der Waals surface area contributed by atoms with Crippen LogP contribution in [-0.4, -0.2) is 29.4 Å². The number of carbonyl (C=O) groups excluding carboxylic acids is 3. The van der Waals surface area contributed by atoms with Crippen LogP contribution >= 0.6 is 11.8 Å². The van der Waals surface area contributed by atoms with Crippen molar-refractivity contribution in [2.24, 2.45) is 0 Å². The number of anilines is 1. The second-order valence-electron chi connectivity index (χ2n) is 5.80. The molecule has 0 aromatic heterocycles. The van der Waals surface area contributed by atoms with Gasteiger partial charge < -0.3 is 10.1 Å². The average Bonchev–Trinajstić information content (AvgIpc) is 2.95. The lowest BCUT2D eigenvalue weighted by atomic mass is 10.1. The second-order valence-corrected chi connectivity index (χ2v) is 6.98. The van der Waals surface area contributed by atoms with Crippen LogP contribution in [0.25, 0.3) is 0 Å². The van der Waals surface area contributed by atoms with E-state index in [1.165, 1.54) is 7.11 Å². The van der Waals surface area contributed by atoms with Gasteiger partial charge in [0.1, 0.15) is 0 Å². The predicted octanol–water partition coefficient (Wildman–Crippen LogP) is 2.91. The molecule has 26 heavy (non-hydrogen) atoms. The molecule has 0 spiro atoms. The first-order valence-corrected chi connectivity index (χ1v) is 8.94. The summed E-state index contributed by atoms with van der Waals surface area (Å²) in [6.45, 7) is 0. The number of hydrogen-bond donors (Lipinski definition) is 2. The lowest BCUT2D eigenvalue weighted by Crippen LogP contribution is -2.25. The van der Waals surface area contributed by atoms with Gasteiger partial charge in [-0.05, 0) is 29.7 Å². The largest absolute Gasteiger partial charge is 0.367 e. The fourth-order valence-electron chi connectivity index (χ4n) is 2.70. The Kier molecular flexibility index (Phi) is 5.70. The number of benzene rings is 2. The van der Waals surface area contributed by atoms with E-state index < -0.39 is 11.4 Å². The molecule has 2 aromatic carbocycles. The number of imide groups is 1. The molecule has 1 heterocycles. The summed E-state index contributed by atoms with van der Waals surface area (Å²) in [4.78, 5) is 35.3. The third kappa shape index (κ3) is 4.30. The number of nitrogens with one attached hydrogen (secondary N) is 2. The van der Waals surface area contributed by atoms with E-state index in [1.54, 1.807) is 12.1 Å². The summed E-state index contributed by atoms with van der Waals surface area (Å²) in [6.07, 6.45) is -0.235. The Morgan fingerprint density at radius 2 is 1.85 bits per heavy atom. The molecule has 2 atom stereocenters. The van der Waals surface area contributed by atoms with E-state index in [4.69, 9.17) is 4.74 Å². The van der Waals surface area contributed by atoms with Gasteiger partial charge in [-0.25, -0.2) is 0 Å². The van der Waals surface area contributed by atoms with E-state index in [-0.39, 0.29) is 17.1 Å². The molecule has 3 amide bonds. The zero-order chi connectivity index (χ0) is 18.5. The zero-order valence-electron chi connectivity index (χ0n) is 14.1. The Labute approximate surface area is 155 Å². The van der Waals surface area contributed by atoms with E-state index in [0.29, 0.717) is 12.1 Å². The zero-order valence-corrected chi connectivity index (χ0v) is 14.9. The third-order valence-corrected chi connectivity index (χ3v) is 4.97. The monoisotopic (exact) mass is 370 g/mol. The Morgan fingerprint density at radius 1 is 1.15 bits per heavy atom. The van der Waals surface area contributed by atoms with Gasteiger partial charge in [0.25, 0.3) is 11.1 Å². The molecule has 2 unspecified atom stereocenters. The number of ether oxygens (including phenoxy) is 1. The molecule has 0 aliphatic carbocycles. The Hall–Kier alpha value is -2.64. The van der Waals surface area contributed by atoms with Crippen molar-refractivity contribution in [2.45, 2.75) is 17.8 Å². The van der Waals surface area contributed by atoms with Crippen LogP contribution in [0.2, 0.25) is 0 Å². The van der Waals surface area contributed by atoms with Gasteiger partial charge in [0.2, 0.25) is 5.91 Å². The highest BCUT2D eigenvalue weighted by atomic mass is 32.2. The van der Waals surface area contributed by atoms with Gasteiger partial charge >= 0.3 is 0 Å². The number of carbonyl (C=O) groups is 3. The van der Waals surface area contributed by atoms with Crippen molar-refractivity contribution in [3.8, 4) is 0 Å². The van der Waals surface area contributed by atoms with Gasteiger partial charge in [0.05, 0.1) is 5.25 Å². The molecule has 1 aliphatic heterocycles. The number of thioether (sulfide) groups is 1. The molecule has 134 valence electrons. The fraction of sp³-hybridized carbons (Fsp3) is 0.211. The summed E-state index contributed by atoms with van der Waals surface area (Å²) >= 11 is 1.00. The standard InChI is InChI=1S/C19H18N2O4S/c1-25-16(13-5-3-2-4-6-13)18(23)20-14-9-7-12(8-10-14)11-15-17(22)21-19(24)26-15/h2-10,15-16H,11H2,1H3,(H,20,23)(H,21,22,24). The van der Waals surface area contributed by atoms with E-state index >= 15 is 0 Å². The first-order valence-electron chi connectivity index (χ1n) is 8.06. The molecule has 7 heteroatoms. The second kappa shape index (κ2) is 8.16. The minimum atomic E-state index is -0.694. The third-order valence-electron chi connectivity index (χ3n) is 3.99. The van der Waals surface area contributed by atoms with Gasteiger partial charge in [-0.1, -0.05) is 54.2 Å². The molecule has 6 nitrogen and oxygen atoms in total. The van der Waals surface area contributed by atoms with Crippen molar-refractivity contribution in [3.05, 3.63) is 65.7 Å². The predicted molar refractivity (Wildman–Crippen MR) is 99.9 cm³/mol. The lowest BCUT2D eigenvalue weighted by molar-refractivity contribution is -0.126. The average molecular weight is 370 g/mol. The molecular weight excluding hydrogens is 352 g/mol. The van der Waals surface area contributed by atoms with Crippen LogP contribution < -0.4 is 10.6 Å². The van der Waals surface area contributed by atoms with Crippen LogP contribution in [0, 0.1) is 0 Å². The summed E-state index contributed by atoms with van der Waals surface area (Å²) in [6, 6.07) is 16.5. The van der Waals surface area contributed by atoms with E-state index in [0.717, 1.165) is 22.9 Å². The molecule has 3 rings (SSSR count). The molecule has 2 N–H and O–H groups in total. The minimum Gasteiger partial charge on any atom is -0.367 e. The molecular formula is C19H18N2O4S. The van der Waals surface area contributed by atoms with Gasteiger partial charge in [0.15, 0.2) is 6.10 Å². The van der Waals surface area contributed by atoms with Crippen molar-refractivity contribution >= 4 is 34.5 Å². The molecule has 0 radical (unpaired) electrons. The quantitative estimate of drug-likeness (QED) is 0.817. The SMILES string of the molecule is COC(C(=O)Nc1ccc(CC2SC(=O)NC2=O)cc1)c1ccccc1. The summed E-state index contributed by atoms with van der Waals surface area (Å²) < 4.78 is 5.31. The van der Waals surface area contributed by atoms with Crippen LogP contribution in [0.15, 0.2) is 54.6 Å². The van der Waals surface area contributed by atoms with Crippen LogP contribution in [0.5, 0.6) is 0 Å². The molecule has 0 bridgehead atoms. The highest BCUT2D eigenvalue weighted by molar-refractivity contribution is 8.15. The summed E-state index contributed by atoms with van der Waals surface area (Å²) in [7, 11) is 1.49. The molecule has 1 fully saturated rings. The van der Waals surface area contributed by atoms with Crippen molar-refractivity contribution in [1.29, 1.82) is 0 Å². The normalized spacial score (nSPS) is 17.7. The van der Waals surface area contributed by atoms with Crippen LogP contribution in [-0.2, 0) is 20.7 Å². The molecule has 2 aromatic rings. The number of rotatable bonds is 6. The van der Waals surface area contributed by atoms with E-state index in [9.17, 15) is 14.4 Å². The number of hydrogen-bond acceptors (Lipinski definition) is 5. The van der Waals surface area contributed by atoms with E-state index in [1.807, 2.05) is 42.5 Å². The van der Waals surface area contributed by atoms with Gasteiger partial charge in [-0.3, -0.25) is 19.7 Å². The Bertz CT molecular complexity index is 808. The Balaban J connectivity index is 1.62. The maximum Gasteiger partial charge on any atom is 0.286 e. The van der Waals surface area contributed by atoms with Gasteiger partial charge in [-0.15, -0.1) is 0 Å². The smallest absolute Gasteiger partial charge is 0.286 e. The van der Waals surface area contributed by atoms with Crippen LogP contribution in [0.3, 0.4) is 0 Å². The lowest BCUT2D eigenvalue weighted by Gasteiger charge is -2.16. The van der Waals surface area contributed by atoms with Crippen LogP contribution in [0.1, 0.15) is 17.2 Å².